The SMILES string of the molecule is CC1CCCCN1c1cccc(CO)n1. The smallest absolute Gasteiger partial charge is 0.129 e. The lowest BCUT2D eigenvalue weighted by atomic mass is 10.0. The van der Waals surface area contributed by atoms with Gasteiger partial charge in [-0.15, -0.1) is 0 Å². The van der Waals surface area contributed by atoms with Crippen molar-refractivity contribution >= 4 is 5.82 Å². The second kappa shape index (κ2) is 4.62. The molecule has 1 aromatic rings. The highest BCUT2D eigenvalue weighted by atomic mass is 16.3. The normalized spacial score (nSPS) is 21.7. The van der Waals surface area contributed by atoms with Crippen molar-refractivity contribution in [2.75, 3.05) is 11.4 Å². The molecule has 0 aromatic carbocycles. The number of hydrogen-bond donors (Lipinski definition) is 1. The van der Waals surface area contributed by atoms with Crippen molar-refractivity contribution in [2.45, 2.75) is 38.8 Å². The molecule has 82 valence electrons. The Kier molecular flexibility index (Phi) is 3.21. The van der Waals surface area contributed by atoms with Gasteiger partial charge in [0.2, 0.25) is 0 Å². The molecule has 2 rings (SSSR count). The van der Waals surface area contributed by atoms with E-state index in [2.05, 4.69) is 16.8 Å². The summed E-state index contributed by atoms with van der Waals surface area (Å²) in [6, 6.07) is 6.43. The first-order chi connectivity index (χ1) is 7.31. The standard InChI is InChI=1S/C12H18N2O/c1-10-5-2-3-8-14(10)12-7-4-6-11(9-15)13-12/h4,6-7,10,15H,2-3,5,8-9H2,1H3. The Hall–Kier alpha value is -1.09. The molecule has 3 heteroatoms. The van der Waals surface area contributed by atoms with Crippen LogP contribution in [-0.2, 0) is 6.61 Å². The fourth-order valence-electron chi connectivity index (χ4n) is 2.15. The summed E-state index contributed by atoms with van der Waals surface area (Å²) in [7, 11) is 0. The van der Waals surface area contributed by atoms with Gasteiger partial charge in [0, 0.05) is 12.6 Å². The zero-order valence-electron chi connectivity index (χ0n) is 9.19. The fourth-order valence-corrected chi connectivity index (χ4v) is 2.15. The molecule has 0 bridgehead atoms. The summed E-state index contributed by atoms with van der Waals surface area (Å²) >= 11 is 0. The summed E-state index contributed by atoms with van der Waals surface area (Å²) in [5.41, 5.74) is 0.755. The zero-order valence-corrected chi connectivity index (χ0v) is 9.19. The molecular weight excluding hydrogens is 188 g/mol. The maximum absolute atomic E-state index is 9.05. The fraction of sp³-hybridized carbons (Fsp3) is 0.583. The molecule has 1 N–H and O–H groups in total. The Bertz CT molecular complexity index is 327. The van der Waals surface area contributed by atoms with E-state index < -0.39 is 0 Å². The van der Waals surface area contributed by atoms with Gasteiger partial charge < -0.3 is 10.0 Å². The summed E-state index contributed by atoms with van der Waals surface area (Å²) in [6.45, 7) is 3.35. The molecule has 1 fully saturated rings. The molecule has 0 spiro atoms. The lowest BCUT2D eigenvalue weighted by Gasteiger charge is -2.34. The molecule has 1 unspecified atom stereocenters. The van der Waals surface area contributed by atoms with E-state index in [1.807, 2.05) is 18.2 Å². The van der Waals surface area contributed by atoms with Crippen molar-refractivity contribution in [1.29, 1.82) is 0 Å². The van der Waals surface area contributed by atoms with Crippen molar-refractivity contribution in [3.8, 4) is 0 Å². The molecule has 1 aliphatic heterocycles. The number of aromatic nitrogens is 1. The highest BCUT2D eigenvalue weighted by molar-refractivity contribution is 5.40. The molecule has 0 amide bonds. The van der Waals surface area contributed by atoms with E-state index in [0.29, 0.717) is 6.04 Å². The number of nitrogens with zero attached hydrogens (tertiary/aromatic N) is 2. The Morgan fingerprint density at radius 1 is 1.47 bits per heavy atom. The predicted molar refractivity (Wildman–Crippen MR) is 60.8 cm³/mol. The highest BCUT2D eigenvalue weighted by Crippen LogP contribution is 2.22. The van der Waals surface area contributed by atoms with Crippen LogP contribution in [0.1, 0.15) is 31.9 Å². The van der Waals surface area contributed by atoms with E-state index in [1.54, 1.807) is 0 Å². The van der Waals surface area contributed by atoms with E-state index >= 15 is 0 Å². The van der Waals surface area contributed by atoms with Gasteiger partial charge in [0.15, 0.2) is 0 Å². The zero-order chi connectivity index (χ0) is 10.7. The van der Waals surface area contributed by atoms with Crippen molar-refractivity contribution in [2.24, 2.45) is 0 Å². The van der Waals surface area contributed by atoms with Gasteiger partial charge in [-0.05, 0) is 38.3 Å². The molecule has 15 heavy (non-hydrogen) atoms. The molecule has 3 nitrogen and oxygen atoms in total. The third kappa shape index (κ3) is 2.29. The van der Waals surface area contributed by atoms with Gasteiger partial charge in [-0.25, -0.2) is 4.98 Å². The van der Waals surface area contributed by atoms with E-state index in [1.165, 1.54) is 19.3 Å². The van der Waals surface area contributed by atoms with Crippen molar-refractivity contribution in [3.05, 3.63) is 23.9 Å². The lowest BCUT2D eigenvalue weighted by Crippen LogP contribution is -2.38. The number of aliphatic hydroxyl groups is 1. The Morgan fingerprint density at radius 3 is 3.07 bits per heavy atom. The third-order valence-electron chi connectivity index (χ3n) is 3.05. The van der Waals surface area contributed by atoms with Crippen molar-refractivity contribution < 1.29 is 5.11 Å². The number of hydrogen-bond acceptors (Lipinski definition) is 3. The largest absolute Gasteiger partial charge is 0.390 e. The van der Waals surface area contributed by atoms with Gasteiger partial charge in [0.1, 0.15) is 5.82 Å². The Morgan fingerprint density at radius 2 is 2.33 bits per heavy atom. The third-order valence-corrected chi connectivity index (χ3v) is 3.05. The summed E-state index contributed by atoms with van der Waals surface area (Å²) in [6.07, 6.45) is 3.80. The van der Waals surface area contributed by atoms with Crippen molar-refractivity contribution in [3.63, 3.8) is 0 Å². The van der Waals surface area contributed by atoms with Gasteiger partial charge in [-0.1, -0.05) is 6.07 Å². The number of pyridine rings is 1. The Balaban J connectivity index is 2.19. The van der Waals surface area contributed by atoms with Gasteiger partial charge in [0.25, 0.3) is 0 Å². The first kappa shape index (κ1) is 10.4. The second-order valence-electron chi connectivity index (χ2n) is 4.18. The van der Waals surface area contributed by atoms with Gasteiger partial charge >= 0.3 is 0 Å². The maximum atomic E-state index is 9.05. The van der Waals surface area contributed by atoms with Gasteiger partial charge in [-0.3, -0.25) is 0 Å². The molecule has 0 aliphatic carbocycles. The lowest BCUT2D eigenvalue weighted by molar-refractivity contribution is 0.277. The molecular formula is C12H18N2O. The molecule has 1 aromatic heterocycles. The summed E-state index contributed by atoms with van der Waals surface area (Å²) in [4.78, 5) is 6.78. The number of piperidine rings is 1. The maximum Gasteiger partial charge on any atom is 0.129 e. The van der Waals surface area contributed by atoms with Crippen LogP contribution in [0.4, 0.5) is 5.82 Å². The molecule has 1 atom stereocenters. The number of rotatable bonds is 2. The first-order valence-corrected chi connectivity index (χ1v) is 5.64. The minimum absolute atomic E-state index is 0.0239. The van der Waals surface area contributed by atoms with Crippen LogP contribution in [0.2, 0.25) is 0 Å². The average Bonchev–Trinajstić information content (AvgIpc) is 2.30. The number of anilines is 1. The topological polar surface area (TPSA) is 36.4 Å². The summed E-state index contributed by atoms with van der Waals surface area (Å²) in [5.74, 6) is 1.01. The van der Waals surface area contributed by atoms with Crippen LogP contribution >= 0.6 is 0 Å². The molecule has 0 saturated carbocycles. The van der Waals surface area contributed by atoms with Crippen molar-refractivity contribution in [1.82, 2.24) is 4.98 Å². The first-order valence-electron chi connectivity index (χ1n) is 5.64. The van der Waals surface area contributed by atoms with Gasteiger partial charge in [0.05, 0.1) is 12.3 Å². The minimum atomic E-state index is 0.0239. The minimum Gasteiger partial charge on any atom is -0.390 e. The van der Waals surface area contributed by atoms with Crippen LogP contribution < -0.4 is 4.90 Å². The van der Waals surface area contributed by atoms with Gasteiger partial charge in [-0.2, -0.15) is 0 Å². The monoisotopic (exact) mass is 206 g/mol. The quantitative estimate of drug-likeness (QED) is 0.803. The van der Waals surface area contributed by atoms with Crippen LogP contribution in [0.5, 0.6) is 0 Å². The average molecular weight is 206 g/mol. The molecule has 1 saturated heterocycles. The van der Waals surface area contributed by atoms with E-state index in [-0.39, 0.29) is 6.61 Å². The predicted octanol–water partition coefficient (Wildman–Crippen LogP) is 1.95. The summed E-state index contributed by atoms with van der Waals surface area (Å²) in [5, 5.41) is 9.05. The number of aliphatic hydroxyl groups excluding tert-OH is 1. The second-order valence-corrected chi connectivity index (χ2v) is 4.18. The molecule has 0 radical (unpaired) electrons. The van der Waals surface area contributed by atoms with Crippen LogP contribution in [0, 0.1) is 0 Å². The van der Waals surface area contributed by atoms with Crippen LogP contribution in [0.3, 0.4) is 0 Å². The van der Waals surface area contributed by atoms with E-state index in [0.717, 1.165) is 18.1 Å². The highest BCUT2D eigenvalue weighted by Gasteiger charge is 2.19. The van der Waals surface area contributed by atoms with E-state index in [4.69, 9.17) is 5.11 Å². The molecule has 2 heterocycles. The van der Waals surface area contributed by atoms with Crippen LogP contribution in [-0.4, -0.2) is 22.7 Å². The molecule has 1 aliphatic rings. The Labute approximate surface area is 90.8 Å². The summed E-state index contributed by atoms with van der Waals surface area (Å²) < 4.78 is 0. The van der Waals surface area contributed by atoms with E-state index in [9.17, 15) is 0 Å². The van der Waals surface area contributed by atoms with Crippen LogP contribution in [0.15, 0.2) is 18.2 Å². The van der Waals surface area contributed by atoms with Crippen LogP contribution in [0.25, 0.3) is 0 Å².